The second kappa shape index (κ2) is 5.34. The van der Waals surface area contributed by atoms with E-state index >= 15 is 0 Å². The molecule has 6 heteroatoms. The summed E-state index contributed by atoms with van der Waals surface area (Å²) in [6.45, 7) is 0. The molecular formula is C13H8BrIN2OS. The van der Waals surface area contributed by atoms with Crippen LogP contribution in [0.2, 0.25) is 0 Å². The van der Waals surface area contributed by atoms with E-state index in [1.807, 2.05) is 40.4 Å². The lowest BCUT2D eigenvalue weighted by Crippen LogP contribution is -2.05. The minimum Gasteiger partial charge on any atom is -0.297 e. The third-order valence-electron chi connectivity index (χ3n) is 2.71. The molecule has 0 unspecified atom stereocenters. The van der Waals surface area contributed by atoms with Gasteiger partial charge in [0.1, 0.15) is 0 Å². The Morgan fingerprint density at radius 3 is 3.11 bits per heavy atom. The Morgan fingerprint density at radius 2 is 2.32 bits per heavy atom. The number of carbonyl (C=O) groups excluding carboxylic acids is 1. The molecule has 1 aromatic carbocycles. The maximum absolute atomic E-state index is 12.3. The highest BCUT2D eigenvalue weighted by molar-refractivity contribution is 14.1. The van der Waals surface area contributed by atoms with Crippen LogP contribution in [0.4, 0.5) is 0 Å². The second-order valence-electron chi connectivity index (χ2n) is 4.05. The van der Waals surface area contributed by atoms with Gasteiger partial charge in [0.25, 0.3) is 0 Å². The summed E-state index contributed by atoms with van der Waals surface area (Å²) in [6.07, 6.45) is 4.18. The molecule has 0 fully saturated rings. The molecule has 0 spiro atoms. The summed E-state index contributed by atoms with van der Waals surface area (Å²) in [5, 5.41) is 1.98. The molecule has 0 saturated carbocycles. The van der Waals surface area contributed by atoms with Crippen molar-refractivity contribution in [2.45, 2.75) is 6.42 Å². The number of ketones is 1. The fourth-order valence-electron chi connectivity index (χ4n) is 1.83. The molecule has 96 valence electrons. The number of fused-ring (bicyclic) bond motifs is 1. The van der Waals surface area contributed by atoms with Crippen LogP contribution in [-0.2, 0) is 6.42 Å². The van der Waals surface area contributed by atoms with Gasteiger partial charge in [0.2, 0.25) is 0 Å². The molecule has 0 aliphatic rings. The Kier molecular flexibility index (Phi) is 3.72. The first kappa shape index (κ1) is 13.3. The Hall–Kier alpha value is -0.730. The maximum atomic E-state index is 12.3. The van der Waals surface area contributed by atoms with Crippen molar-refractivity contribution < 1.29 is 4.79 Å². The van der Waals surface area contributed by atoms with Gasteiger partial charge in [-0.15, -0.1) is 11.3 Å². The van der Waals surface area contributed by atoms with Gasteiger partial charge in [-0.25, -0.2) is 4.98 Å². The molecule has 3 nitrogen and oxygen atoms in total. The summed E-state index contributed by atoms with van der Waals surface area (Å²) < 4.78 is 3.82. The van der Waals surface area contributed by atoms with Gasteiger partial charge < -0.3 is 0 Å². The standard InChI is InChI=1S/C13H8BrIN2OS/c14-11-2-1-8(15)5-10(11)12(18)6-9-7-17-3-4-19-13(17)16-9/h1-5,7H,6H2. The van der Waals surface area contributed by atoms with Crippen molar-refractivity contribution >= 4 is 60.6 Å². The second-order valence-corrected chi connectivity index (χ2v) is 7.02. The van der Waals surface area contributed by atoms with Gasteiger partial charge in [-0.3, -0.25) is 9.20 Å². The highest BCUT2D eigenvalue weighted by Gasteiger charge is 2.13. The van der Waals surface area contributed by atoms with Crippen LogP contribution in [-0.4, -0.2) is 15.2 Å². The Balaban J connectivity index is 1.88. The van der Waals surface area contributed by atoms with Crippen molar-refractivity contribution in [1.29, 1.82) is 0 Å². The van der Waals surface area contributed by atoms with Crippen LogP contribution in [0.15, 0.2) is 40.4 Å². The molecule has 0 N–H and O–H groups in total. The maximum Gasteiger partial charge on any atom is 0.193 e. The van der Waals surface area contributed by atoms with Gasteiger partial charge in [-0.2, -0.15) is 0 Å². The van der Waals surface area contributed by atoms with Crippen molar-refractivity contribution in [3.8, 4) is 0 Å². The normalized spacial score (nSPS) is 11.1. The van der Waals surface area contributed by atoms with E-state index in [0.29, 0.717) is 12.0 Å². The van der Waals surface area contributed by atoms with Crippen LogP contribution in [0, 0.1) is 3.57 Å². The smallest absolute Gasteiger partial charge is 0.193 e. The van der Waals surface area contributed by atoms with Gasteiger partial charge in [0, 0.05) is 31.4 Å². The Morgan fingerprint density at radius 1 is 1.47 bits per heavy atom. The highest BCUT2D eigenvalue weighted by atomic mass is 127. The zero-order valence-corrected chi connectivity index (χ0v) is 14.2. The summed E-state index contributed by atoms with van der Waals surface area (Å²) >= 11 is 7.20. The fraction of sp³-hybridized carbons (Fsp3) is 0.0769. The molecule has 3 aromatic rings. The summed E-state index contributed by atoms with van der Waals surface area (Å²) in [5.41, 5.74) is 1.52. The van der Waals surface area contributed by atoms with E-state index in [9.17, 15) is 4.79 Å². The molecular weight excluding hydrogens is 439 g/mol. The molecule has 2 heterocycles. The van der Waals surface area contributed by atoms with E-state index in [1.54, 1.807) is 11.3 Å². The first-order valence-electron chi connectivity index (χ1n) is 5.53. The number of nitrogens with zero attached hydrogens (tertiary/aromatic N) is 2. The van der Waals surface area contributed by atoms with Crippen LogP contribution in [0.1, 0.15) is 16.1 Å². The van der Waals surface area contributed by atoms with Crippen LogP contribution in [0.25, 0.3) is 4.96 Å². The lowest BCUT2D eigenvalue weighted by Gasteiger charge is -2.03. The van der Waals surface area contributed by atoms with Gasteiger partial charge in [0.15, 0.2) is 10.7 Å². The zero-order valence-electron chi connectivity index (χ0n) is 9.64. The van der Waals surface area contributed by atoms with Gasteiger partial charge in [-0.1, -0.05) is 15.9 Å². The van der Waals surface area contributed by atoms with Gasteiger partial charge in [0.05, 0.1) is 12.1 Å². The van der Waals surface area contributed by atoms with E-state index in [2.05, 4.69) is 43.5 Å². The van der Waals surface area contributed by atoms with Gasteiger partial charge >= 0.3 is 0 Å². The average Bonchev–Trinajstić information content (AvgIpc) is 2.92. The Labute approximate surface area is 135 Å². The van der Waals surface area contributed by atoms with E-state index < -0.39 is 0 Å². The van der Waals surface area contributed by atoms with Gasteiger partial charge in [-0.05, 0) is 40.8 Å². The van der Waals surface area contributed by atoms with E-state index in [1.165, 1.54) is 0 Å². The first-order valence-corrected chi connectivity index (χ1v) is 8.28. The van der Waals surface area contributed by atoms with Crippen LogP contribution in [0.5, 0.6) is 0 Å². The van der Waals surface area contributed by atoms with Crippen molar-refractivity contribution in [2.24, 2.45) is 0 Å². The molecule has 19 heavy (non-hydrogen) atoms. The van der Waals surface area contributed by atoms with E-state index in [4.69, 9.17) is 0 Å². The molecule has 0 aliphatic heterocycles. The summed E-state index contributed by atoms with van der Waals surface area (Å²) in [6, 6.07) is 5.76. The summed E-state index contributed by atoms with van der Waals surface area (Å²) in [4.78, 5) is 17.7. The number of thiazole rings is 1. The summed E-state index contributed by atoms with van der Waals surface area (Å²) in [7, 11) is 0. The zero-order chi connectivity index (χ0) is 13.4. The third-order valence-corrected chi connectivity index (χ3v) is 4.85. The molecule has 3 rings (SSSR count). The number of rotatable bonds is 3. The van der Waals surface area contributed by atoms with Crippen molar-refractivity contribution in [3.63, 3.8) is 0 Å². The monoisotopic (exact) mass is 446 g/mol. The highest BCUT2D eigenvalue weighted by Crippen LogP contribution is 2.21. The number of imidazole rings is 1. The Bertz CT molecular complexity index is 736. The van der Waals surface area contributed by atoms with Crippen LogP contribution < -0.4 is 0 Å². The molecule has 0 radical (unpaired) electrons. The molecule has 0 atom stereocenters. The number of carbonyl (C=O) groups is 1. The number of Topliss-reactive ketones (excluding diaryl/α,β-unsaturated/α-hetero) is 1. The van der Waals surface area contributed by atoms with E-state index in [-0.39, 0.29) is 5.78 Å². The van der Waals surface area contributed by atoms with Crippen LogP contribution >= 0.6 is 49.9 Å². The van der Waals surface area contributed by atoms with Crippen molar-refractivity contribution in [3.05, 3.63) is 55.3 Å². The largest absolute Gasteiger partial charge is 0.297 e. The molecule has 0 amide bonds. The topological polar surface area (TPSA) is 34.4 Å². The lowest BCUT2D eigenvalue weighted by molar-refractivity contribution is 0.0991. The number of aromatic nitrogens is 2. The third kappa shape index (κ3) is 2.75. The quantitative estimate of drug-likeness (QED) is 0.446. The minimum atomic E-state index is 0.0798. The molecule has 0 bridgehead atoms. The van der Waals surface area contributed by atoms with E-state index in [0.717, 1.165) is 18.7 Å². The van der Waals surface area contributed by atoms with Crippen molar-refractivity contribution in [1.82, 2.24) is 9.38 Å². The number of hydrogen-bond donors (Lipinski definition) is 0. The number of hydrogen-bond acceptors (Lipinski definition) is 3. The predicted molar refractivity (Wildman–Crippen MR) is 88.0 cm³/mol. The SMILES string of the molecule is O=C(Cc1cn2ccsc2n1)c1cc(I)ccc1Br. The molecule has 2 aromatic heterocycles. The fourth-order valence-corrected chi connectivity index (χ4v) is 3.51. The minimum absolute atomic E-state index is 0.0798. The number of halogens is 2. The molecule has 0 aliphatic carbocycles. The predicted octanol–water partition coefficient (Wildman–Crippen LogP) is 4.19. The average molecular weight is 447 g/mol. The van der Waals surface area contributed by atoms with Crippen molar-refractivity contribution in [2.75, 3.05) is 0 Å². The van der Waals surface area contributed by atoms with Crippen LogP contribution in [0.3, 0.4) is 0 Å². The first-order chi connectivity index (χ1) is 9.13. The molecule has 0 saturated heterocycles. The lowest BCUT2D eigenvalue weighted by atomic mass is 10.1. The number of benzene rings is 1. The summed E-state index contributed by atoms with van der Waals surface area (Å²) in [5.74, 6) is 0.0798.